The van der Waals surface area contributed by atoms with Crippen LogP contribution in [0, 0.1) is 0 Å². The normalized spacial score (nSPS) is 10.5. The molecule has 3 aromatic rings. The summed E-state index contributed by atoms with van der Waals surface area (Å²) in [5, 5.41) is 3.29. The third-order valence-electron chi connectivity index (χ3n) is 5.44. The highest BCUT2D eigenvalue weighted by Gasteiger charge is 2.47. The molecule has 33 heavy (non-hydrogen) atoms. The number of carbonyl (C=O) groups excluding carboxylic acids is 1. The van der Waals surface area contributed by atoms with E-state index in [-0.39, 0.29) is 17.0 Å². The Balaban J connectivity index is 0.00000385. The van der Waals surface area contributed by atoms with Crippen molar-refractivity contribution in [3.63, 3.8) is 0 Å². The van der Waals surface area contributed by atoms with Crippen molar-refractivity contribution in [2.24, 2.45) is 0 Å². The molecule has 5 nitrogen and oxygen atoms in total. The third kappa shape index (κ3) is 5.58. The largest absolute Gasteiger partial charge is 1.00 e. The van der Waals surface area contributed by atoms with Gasteiger partial charge in [0.15, 0.2) is 0 Å². The van der Waals surface area contributed by atoms with Gasteiger partial charge in [-0.15, -0.1) is 0 Å². The van der Waals surface area contributed by atoms with Gasteiger partial charge in [0.25, 0.3) is 0 Å². The first-order valence-electron chi connectivity index (χ1n) is 10.1. The molecule has 0 aliphatic carbocycles. The second kappa shape index (κ2) is 11.9. The van der Waals surface area contributed by atoms with Crippen LogP contribution in [-0.4, -0.2) is 40.6 Å². The van der Waals surface area contributed by atoms with Gasteiger partial charge in [0.05, 0.1) is 34.0 Å². The zero-order valence-corrected chi connectivity index (χ0v) is 21.7. The summed E-state index contributed by atoms with van der Waals surface area (Å²) in [4.78, 5) is 12.4. The van der Waals surface area contributed by atoms with Crippen LogP contribution in [0.15, 0.2) is 84.9 Å². The van der Waals surface area contributed by atoms with Crippen LogP contribution in [0.4, 0.5) is 0 Å². The van der Waals surface area contributed by atoms with Gasteiger partial charge in [0.2, 0.25) is 0 Å². The van der Waals surface area contributed by atoms with Crippen molar-refractivity contribution in [1.29, 1.82) is 0 Å². The average molecular weight is 531 g/mol. The number of carbonyl (C=O) groups is 1. The van der Waals surface area contributed by atoms with Crippen LogP contribution in [0.3, 0.4) is 0 Å². The Kier molecular flexibility index (Phi) is 9.51. The van der Waals surface area contributed by atoms with Gasteiger partial charge in [-0.25, -0.2) is 4.79 Å². The molecule has 0 aliphatic rings. The fraction of sp³-hybridized carbons (Fsp3) is 0.192. The van der Waals surface area contributed by atoms with Crippen LogP contribution >= 0.6 is 7.26 Å². The van der Waals surface area contributed by atoms with E-state index >= 15 is 0 Å². The smallest absolute Gasteiger partial charge is 0.336 e. The lowest BCUT2D eigenvalue weighted by Crippen LogP contribution is -3.00. The second-order valence-corrected chi connectivity index (χ2v) is 10.6. The quantitative estimate of drug-likeness (QED) is 0.232. The molecule has 0 aromatic heterocycles. The van der Waals surface area contributed by atoms with E-state index in [9.17, 15) is 4.79 Å². The predicted molar refractivity (Wildman–Crippen MR) is 131 cm³/mol. The molecule has 7 heteroatoms. The van der Waals surface area contributed by atoms with Gasteiger partial charge in [-0.2, -0.15) is 0 Å². The Labute approximate surface area is 206 Å². The Morgan fingerprint density at radius 3 is 1.21 bits per heavy atom. The molecule has 0 saturated carbocycles. The van der Waals surface area contributed by atoms with E-state index in [1.165, 1.54) is 7.11 Å². The SMILES string of the molecule is C=C(C[P+](c1ccc(OC)cc1)(c1ccc(OC)cc1)c1ccc(OC)cc1)C(=O)OC.[Br-]. The first-order valence-corrected chi connectivity index (χ1v) is 12.0. The van der Waals surface area contributed by atoms with Crippen LogP contribution in [0.2, 0.25) is 0 Å². The molecule has 0 amide bonds. The fourth-order valence-electron chi connectivity index (χ4n) is 3.73. The van der Waals surface area contributed by atoms with Gasteiger partial charge in [-0.05, 0) is 72.8 Å². The molecular formula is C26H28BrO5P. The van der Waals surface area contributed by atoms with Crippen molar-refractivity contribution in [2.45, 2.75) is 0 Å². The minimum atomic E-state index is -2.33. The van der Waals surface area contributed by atoms with Crippen LogP contribution in [-0.2, 0) is 9.53 Å². The molecule has 0 aliphatic heterocycles. The molecule has 0 atom stereocenters. The highest BCUT2D eigenvalue weighted by Crippen LogP contribution is 2.57. The Bertz CT molecular complexity index is 948. The topological polar surface area (TPSA) is 54.0 Å². The Morgan fingerprint density at radius 1 is 0.667 bits per heavy atom. The lowest BCUT2D eigenvalue weighted by atomic mass is 10.3. The maximum atomic E-state index is 12.4. The van der Waals surface area contributed by atoms with Gasteiger partial charge in [0.1, 0.15) is 46.6 Å². The molecule has 0 spiro atoms. The molecule has 174 valence electrons. The summed E-state index contributed by atoms with van der Waals surface area (Å²) >= 11 is 0. The maximum Gasteiger partial charge on any atom is 0.336 e. The number of halogens is 1. The van der Waals surface area contributed by atoms with E-state index in [1.807, 2.05) is 36.4 Å². The predicted octanol–water partition coefficient (Wildman–Crippen LogP) is 0.740. The monoisotopic (exact) mass is 530 g/mol. The van der Waals surface area contributed by atoms with E-state index in [2.05, 4.69) is 43.0 Å². The summed E-state index contributed by atoms with van der Waals surface area (Å²) in [6, 6.07) is 24.0. The van der Waals surface area contributed by atoms with Gasteiger partial charge in [0, 0.05) is 0 Å². The molecule has 0 N–H and O–H groups in total. The molecule has 0 radical (unpaired) electrons. The Hall–Kier alpha value is -2.82. The van der Waals surface area contributed by atoms with Crippen molar-refractivity contribution in [3.05, 3.63) is 84.9 Å². The van der Waals surface area contributed by atoms with Crippen LogP contribution in [0.5, 0.6) is 17.2 Å². The minimum Gasteiger partial charge on any atom is -1.00 e. The van der Waals surface area contributed by atoms with E-state index in [0.29, 0.717) is 11.7 Å². The van der Waals surface area contributed by atoms with E-state index in [1.54, 1.807) is 21.3 Å². The Morgan fingerprint density at radius 2 is 0.970 bits per heavy atom. The molecule has 0 unspecified atom stereocenters. The van der Waals surface area contributed by atoms with Gasteiger partial charge >= 0.3 is 5.97 Å². The number of benzene rings is 3. The average Bonchev–Trinajstić information content (AvgIpc) is 2.87. The van der Waals surface area contributed by atoms with Gasteiger partial charge in [-0.1, -0.05) is 6.58 Å². The number of rotatable bonds is 9. The zero-order chi connectivity index (χ0) is 23.1. The molecule has 0 saturated heterocycles. The van der Waals surface area contributed by atoms with Crippen LogP contribution in [0.25, 0.3) is 0 Å². The molecule has 3 aromatic carbocycles. The molecule has 3 rings (SSSR count). The number of hydrogen-bond donors (Lipinski definition) is 0. The maximum absolute atomic E-state index is 12.4. The molecular weight excluding hydrogens is 503 g/mol. The number of esters is 1. The van der Waals surface area contributed by atoms with Crippen molar-refractivity contribution >= 4 is 29.1 Å². The molecule has 0 fully saturated rings. The summed E-state index contributed by atoms with van der Waals surface area (Å²) in [5.74, 6) is 1.89. The first-order chi connectivity index (χ1) is 15.5. The summed E-state index contributed by atoms with van der Waals surface area (Å²) in [6.45, 7) is 4.07. The standard InChI is InChI=1S/C26H28O5P.BrH/c1-19(26(27)31-5)18-32(23-12-6-20(28-2)7-13-23,24-14-8-21(29-3)9-15-24)25-16-10-22(30-4)11-17-25;/h6-17H,1,18H2,2-5H3;1H/q+1;/p-1. The summed E-state index contributed by atoms with van der Waals surface area (Å²) in [7, 11) is 3.97. The second-order valence-electron chi connectivity index (χ2n) is 7.16. The summed E-state index contributed by atoms with van der Waals surface area (Å²) < 4.78 is 21.1. The zero-order valence-electron chi connectivity index (χ0n) is 19.2. The van der Waals surface area contributed by atoms with Gasteiger partial charge < -0.3 is 35.9 Å². The lowest BCUT2D eigenvalue weighted by Gasteiger charge is -2.28. The minimum absolute atomic E-state index is 0. The van der Waals surface area contributed by atoms with Crippen LogP contribution in [0.1, 0.15) is 0 Å². The lowest BCUT2D eigenvalue weighted by molar-refractivity contribution is -0.135. The van der Waals surface area contributed by atoms with Gasteiger partial charge in [-0.3, -0.25) is 0 Å². The molecule has 0 heterocycles. The number of hydrogen-bond acceptors (Lipinski definition) is 5. The van der Waals surface area contributed by atoms with Crippen molar-refractivity contribution in [1.82, 2.24) is 0 Å². The third-order valence-corrected chi connectivity index (χ3v) is 9.84. The van der Waals surface area contributed by atoms with Crippen molar-refractivity contribution < 1.29 is 40.7 Å². The summed E-state index contributed by atoms with van der Waals surface area (Å²) in [5.41, 5.74) is 0.420. The summed E-state index contributed by atoms with van der Waals surface area (Å²) in [6.07, 6.45) is 0.435. The number of ether oxygens (including phenoxy) is 4. The van der Waals surface area contributed by atoms with E-state index < -0.39 is 13.2 Å². The first kappa shape index (κ1) is 26.4. The van der Waals surface area contributed by atoms with E-state index in [4.69, 9.17) is 18.9 Å². The van der Waals surface area contributed by atoms with Crippen LogP contribution < -0.4 is 47.1 Å². The van der Waals surface area contributed by atoms with Crippen molar-refractivity contribution in [3.8, 4) is 17.2 Å². The van der Waals surface area contributed by atoms with E-state index in [0.717, 1.165) is 33.2 Å². The highest BCUT2D eigenvalue weighted by molar-refractivity contribution is 7.95. The number of methoxy groups -OCH3 is 4. The fourth-order valence-corrected chi connectivity index (χ4v) is 7.84. The highest BCUT2D eigenvalue weighted by atomic mass is 79.9. The van der Waals surface area contributed by atoms with Crippen molar-refractivity contribution in [2.75, 3.05) is 34.6 Å². The molecule has 0 bridgehead atoms.